The number of likely N-dealkylation sites (tertiary alicyclic amines) is 1. The predicted octanol–water partition coefficient (Wildman–Crippen LogP) is 1.89. The summed E-state index contributed by atoms with van der Waals surface area (Å²) in [6, 6.07) is 9.94. The van der Waals surface area contributed by atoms with Crippen LogP contribution in [0.2, 0.25) is 0 Å². The fourth-order valence-corrected chi connectivity index (χ4v) is 3.64. The summed E-state index contributed by atoms with van der Waals surface area (Å²) in [6.45, 7) is 5.78. The normalized spacial score (nSPS) is 22.7. The lowest BCUT2D eigenvalue weighted by Crippen LogP contribution is -2.32. The van der Waals surface area contributed by atoms with Gasteiger partial charge in [-0.05, 0) is 30.9 Å². The van der Waals surface area contributed by atoms with E-state index in [2.05, 4.69) is 10.4 Å². The van der Waals surface area contributed by atoms with E-state index in [1.54, 1.807) is 6.20 Å². The van der Waals surface area contributed by atoms with Crippen LogP contribution in [0.1, 0.15) is 16.1 Å². The minimum atomic E-state index is 0. The van der Waals surface area contributed by atoms with Crippen molar-refractivity contribution in [2.45, 2.75) is 6.92 Å². The number of rotatable bonds is 2. The molecule has 2 saturated heterocycles. The molecule has 2 aliphatic heterocycles. The molecule has 1 aromatic heterocycles. The molecule has 2 fully saturated rings. The van der Waals surface area contributed by atoms with Crippen LogP contribution in [0.15, 0.2) is 36.5 Å². The molecule has 1 N–H and O–H groups in total. The number of fused-ring (bicyclic) bond motifs is 1. The second kappa shape index (κ2) is 6.34. The summed E-state index contributed by atoms with van der Waals surface area (Å²) in [5, 5.41) is 7.81. The Morgan fingerprint density at radius 1 is 1.17 bits per heavy atom. The van der Waals surface area contributed by atoms with Gasteiger partial charge in [0.25, 0.3) is 5.91 Å². The Morgan fingerprint density at radius 2 is 1.83 bits per heavy atom. The molecule has 0 bridgehead atoms. The zero-order valence-corrected chi connectivity index (χ0v) is 13.9. The lowest BCUT2D eigenvalue weighted by atomic mass is 10.0. The number of carbonyl (C=O) groups excluding carboxylic acids is 1. The molecule has 4 rings (SSSR count). The van der Waals surface area contributed by atoms with Crippen molar-refractivity contribution >= 4 is 18.3 Å². The number of para-hydroxylation sites is 1. The van der Waals surface area contributed by atoms with E-state index in [0.717, 1.165) is 43.1 Å². The third-order valence-electron chi connectivity index (χ3n) is 4.92. The first-order valence-electron chi connectivity index (χ1n) is 7.84. The van der Waals surface area contributed by atoms with Gasteiger partial charge in [0.05, 0.1) is 23.1 Å². The van der Waals surface area contributed by atoms with Crippen LogP contribution in [-0.4, -0.2) is 46.8 Å². The molecule has 3 heterocycles. The molecule has 5 nitrogen and oxygen atoms in total. The van der Waals surface area contributed by atoms with E-state index in [1.165, 1.54) is 0 Å². The molecule has 0 radical (unpaired) electrons. The van der Waals surface area contributed by atoms with Gasteiger partial charge in [-0.15, -0.1) is 12.4 Å². The number of nitrogens with zero attached hydrogens (tertiary/aromatic N) is 3. The highest BCUT2D eigenvalue weighted by atomic mass is 35.5. The predicted molar refractivity (Wildman–Crippen MR) is 91.3 cm³/mol. The van der Waals surface area contributed by atoms with Crippen molar-refractivity contribution in [3.63, 3.8) is 0 Å². The molecule has 0 unspecified atom stereocenters. The molecule has 1 amide bonds. The molecule has 1 aromatic carbocycles. The Balaban J connectivity index is 0.00000156. The summed E-state index contributed by atoms with van der Waals surface area (Å²) < 4.78 is 1.84. The Kier molecular flexibility index (Phi) is 4.41. The van der Waals surface area contributed by atoms with Crippen LogP contribution in [-0.2, 0) is 0 Å². The van der Waals surface area contributed by atoms with E-state index in [4.69, 9.17) is 0 Å². The molecule has 6 heteroatoms. The summed E-state index contributed by atoms with van der Waals surface area (Å²) in [5.74, 6) is 1.36. The van der Waals surface area contributed by atoms with Crippen molar-refractivity contribution < 1.29 is 4.79 Å². The Labute approximate surface area is 142 Å². The highest BCUT2D eigenvalue weighted by Crippen LogP contribution is 2.28. The van der Waals surface area contributed by atoms with Crippen molar-refractivity contribution in [1.29, 1.82) is 0 Å². The zero-order valence-electron chi connectivity index (χ0n) is 13.1. The molecular formula is C17H21ClN4O. The van der Waals surface area contributed by atoms with Crippen LogP contribution < -0.4 is 5.32 Å². The van der Waals surface area contributed by atoms with Crippen LogP contribution in [0.5, 0.6) is 0 Å². The summed E-state index contributed by atoms with van der Waals surface area (Å²) in [7, 11) is 0. The van der Waals surface area contributed by atoms with Gasteiger partial charge in [-0.1, -0.05) is 18.2 Å². The van der Waals surface area contributed by atoms with E-state index < -0.39 is 0 Å². The zero-order chi connectivity index (χ0) is 15.1. The molecule has 2 aliphatic rings. The summed E-state index contributed by atoms with van der Waals surface area (Å²) in [4.78, 5) is 14.8. The molecular weight excluding hydrogens is 312 g/mol. The minimum absolute atomic E-state index is 0. The maximum atomic E-state index is 12.8. The standard InChI is InChI=1S/C17H20N4O.ClH/c1-12-16(9-19-21(12)15-5-3-2-4-6-15)17(22)20-10-13-7-18-8-14(13)11-20;/h2-6,9,13-14,18H,7-8,10-11H2,1H3;1H/t13-,14+;. The van der Waals surface area contributed by atoms with Gasteiger partial charge in [-0.3, -0.25) is 4.79 Å². The SMILES string of the molecule is Cc1c(C(=O)N2C[C@H]3CNC[C@H]3C2)cnn1-c1ccccc1.Cl. The number of hydrogen-bond donors (Lipinski definition) is 1. The molecule has 122 valence electrons. The molecule has 2 atom stereocenters. The van der Waals surface area contributed by atoms with E-state index in [0.29, 0.717) is 11.8 Å². The van der Waals surface area contributed by atoms with Crippen molar-refractivity contribution in [1.82, 2.24) is 20.0 Å². The minimum Gasteiger partial charge on any atom is -0.338 e. The van der Waals surface area contributed by atoms with Gasteiger partial charge in [0.15, 0.2) is 0 Å². The van der Waals surface area contributed by atoms with Gasteiger partial charge < -0.3 is 10.2 Å². The fraction of sp³-hybridized carbons (Fsp3) is 0.412. The third kappa shape index (κ3) is 2.75. The largest absolute Gasteiger partial charge is 0.338 e. The smallest absolute Gasteiger partial charge is 0.257 e. The van der Waals surface area contributed by atoms with Crippen molar-refractivity contribution in [2.75, 3.05) is 26.2 Å². The number of nitrogens with one attached hydrogen (secondary N) is 1. The number of carbonyl (C=O) groups is 1. The molecule has 2 aromatic rings. The van der Waals surface area contributed by atoms with E-state index in [-0.39, 0.29) is 18.3 Å². The van der Waals surface area contributed by atoms with E-state index >= 15 is 0 Å². The number of amides is 1. The van der Waals surface area contributed by atoms with E-state index in [9.17, 15) is 4.79 Å². The molecule has 0 spiro atoms. The van der Waals surface area contributed by atoms with Crippen molar-refractivity contribution in [3.8, 4) is 5.69 Å². The van der Waals surface area contributed by atoms with Crippen molar-refractivity contribution in [2.24, 2.45) is 11.8 Å². The second-order valence-corrected chi connectivity index (χ2v) is 6.28. The van der Waals surface area contributed by atoms with Crippen LogP contribution in [0.4, 0.5) is 0 Å². The first-order chi connectivity index (χ1) is 10.7. The lowest BCUT2D eigenvalue weighted by molar-refractivity contribution is 0.0781. The van der Waals surface area contributed by atoms with Crippen LogP contribution in [0.25, 0.3) is 5.69 Å². The molecule has 0 saturated carbocycles. The lowest BCUT2D eigenvalue weighted by Gasteiger charge is -2.17. The fourth-order valence-electron chi connectivity index (χ4n) is 3.64. The van der Waals surface area contributed by atoms with Crippen LogP contribution >= 0.6 is 12.4 Å². The van der Waals surface area contributed by atoms with Gasteiger partial charge in [0.2, 0.25) is 0 Å². The Hall–Kier alpha value is -1.85. The number of hydrogen-bond acceptors (Lipinski definition) is 3. The van der Waals surface area contributed by atoms with Gasteiger partial charge in [-0.25, -0.2) is 4.68 Å². The van der Waals surface area contributed by atoms with Crippen molar-refractivity contribution in [3.05, 3.63) is 47.8 Å². The first kappa shape index (κ1) is 16.0. The van der Waals surface area contributed by atoms with Gasteiger partial charge in [-0.2, -0.15) is 5.10 Å². The number of halogens is 1. The van der Waals surface area contributed by atoms with Crippen LogP contribution in [0.3, 0.4) is 0 Å². The highest BCUT2D eigenvalue weighted by Gasteiger charge is 2.38. The Bertz CT molecular complexity index is 688. The van der Waals surface area contributed by atoms with Crippen LogP contribution in [0, 0.1) is 18.8 Å². The second-order valence-electron chi connectivity index (χ2n) is 6.28. The van der Waals surface area contributed by atoms with E-state index in [1.807, 2.05) is 46.8 Å². The van der Waals surface area contributed by atoms with Gasteiger partial charge >= 0.3 is 0 Å². The van der Waals surface area contributed by atoms with Gasteiger partial charge in [0, 0.05) is 26.2 Å². The maximum absolute atomic E-state index is 12.8. The molecule has 23 heavy (non-hydrogen) atoms. The maximum Gasteiger partial charge on any atom is 0.257 e. The highest BCUT2D eigenvalue weighted by molar-refractivity contribution is 5.95. The average Bonchev–Trinajstić information content (AvgIpc) is 3.21. The number of aromatic nitrogens is 2. The number of benzene rings is 1. The summed E-state index contributed by atoms with van der Waals surface area (Å²) in [6.07, 6.45) is 1.71. The summed E-state index contributed by atoms with van der Waals surface area (Å²) in [5.41, 5.74) is 2.62. The molecule has 0 aliphatic carbocycles. The first-order valence-corrected chi connectivity index (χ1v) is 7.84. The topological polar surface area (TPSA) is 50.2 Å². The van der Waals surface area contributed by atoms with Gasteiger partial charge in [0.1, 0.15) is 0 Å². The average molecular weight is 333 g/mol. The quantitative estimate of drug-likeness (QED) is 0.913. The monoisotopic (exact) mass is 332 g/mol. The summed E-state index contributed by atoms with van der Waals surface area (Å²) >= 11 is 0. The third-order valence-corrected chi connectivity index (χ3v) is 4.92. The Morgan fingerprint density at radius 3 is 2.48 bits per heavy atom.